The van der Waals surface area contributed by atoms with Gasteiger partial charge in [0.25, 0.3) is 0 Å². The van der Waals surface area contributed by atoms with E-state index in [0.717, 1.165) is 13.1 Å². The minimum Gasteiger partial charge on any atom is -0.370 e. The lowest BCUT2D eigenvalue weighted by Gasteiger charge is -2.45. The Hall–Kier alpha value is -1.99. The van der Waals surface area contributed by atoms with Gasteiger partial charge in [0.05, 0.1) is 41.0 Å². The largest absolute Gasteiger partial charge is 0.370 e. The summed E-state index contributed by atoms with van der Waals surface area (Å²) in [5.41, 5.74) is 0.449. The summed E-state index contributed by atoms with van der Waals surface area (Å²) in [6.07, 6.45) is 0.626. The molecule has 2 aliphatic rings. The molecule has 1 N–H and O–H groups in total. The number of nitrogens with zero attached hydrogens (tertiary/aromatic N) is 3. The number of hydrogen-bond donors (Lipinski definition) is 1. The second-order valence-corrected chi connectivity index (χ2v) is 10.5. The molecule has 2 atom stereocenters. The maximum absolute atomic E-state index is 12.5. The van der Waals surface area contributed by atoms with Crippen LogP contribution in [0.15, 0.2) is 29.2 Å². The molecule has 2 unspecified atom stereocenters. The van der Waals surface area contributed by atoms with Crippen molar-refractivity contribution in [3.05, 3.63) is 29.8 Å². The molecule has 9 heteroatoms. The third-order valence-electron chi connectivity index (χ3n) is 5.28. The number of morpholine rings is 2. The maximum Gasteiger partial charge on any atom is 0.234 e. The summed E-state index contributed by atoms with van der Waals surface area (Å²) in [4.78, 5) is 16.7. The first-order valence-electron chi connectivity index (χ1n) is 10.4. The lowest BCUT2D eigenvalue weighted by molar-refractivity contribution is -0.145. The smallest absolute Gasteiger partial charge is 0.234 e. The van der Waals surface area contributed by atoms with Crippen molar-refractivity contribution in [3.63, 3.8) is 0 Å². The number of hydrogen-bond acceptors (Lipinski definition) is 7. The highest BCUT2D eigenvalue weighted by molar-refractivity contribution is 7.91. The predicted molar refractivity (Wildman–Crippen MR) is 113 cm³/mol. The fourth-order valence-electron chi connectivity index (χ4n) is 4.08. The number of rotatable bonds is 8. The molecule has 3 rings (SSSR count). The van der Waals surface area contributed by atoms with Gasteiger partial charge in [-0.3, -0.25) is 14.6 Å². The molecule has 2 aliphatic heterocycles. The fraction of sp³-hybridized carbons (Fsp3) is 0.619. The zero-order chi connectivity index (χ0) is 21.7. The molecule has 0 aliphatic carbocycles. The topological polar surface area (TPSA) is 103 Å². The van der Waals surface area contributed by atoms with E-state index in [-0.39, 0.29) is 34.8 Å². The predicted octanol–water partition coefficient (Wildman–Crippen LogP) is 0.632. The van der Waals surface area contributed by atoms with Gasteiger partial charge in [-0.05, 0) is 51.1 Å². The van der Waals surface area contributed by atoms with Crippen LogP contribution in [-0.2, 0) is 19.4 Å². The monoisotopic (exact) mass is 434 g/mol. The zero-order valence-electron chi connectivity index (χ0n) is 17.6. The summed E-state index contributed by atoms with van der Waals surface area (Å²) < 4.78 is 31.1. The summed E-state index contributed by atoms with van der Waals surface area (Å²) >= 11 is 0. The Morgan fingerprint density at radius 3 is 2.33 bits per heavy atom. The number of nitrogens with one attached hydrogen (secondary N) is 1. The highest BCUT2D eigenvalue weighted by Gasteiger charge is 2.35. The van der Waals surface area contributed by atoms with Crippen molar-refractivity contribution in [1.29, 1.82) is 5.26 Å². The van der Waals surface area contributed by atoms with Crippen molar-refractivity contribution in [2.75, 3.05) is 45.0 Å². The molecule has 1 amide bonds. The number of benzene rings is 1. The number of carbonyl (C=O) groups excluding carboxylic acids is 1. The lowest BCUT2D eigenvalue weighted by atomic mass is 10.1. The molecule has 2 saturated heterocycles. The molecule has 0 spiro atoms. The molecule has 2 heterocycles. The van der Waals surface area contributed by atoms with E-state index in [1.807, 2.05) is 19.9 Å². The number of nitriles is 1. The number of carbonyl (C=O) groups is 1. The number of amides is 1. The third-order valence-corrected chi connectivity index (χ3v) is 7.10. The molecule has 0 aromatic heterocycles. The molecule has 1 aromatic rings. The van der Waals surface area contributed by atoms with Crippen LogP contribution in [0.3, 0.4) is 0 Å². The Balaban J connectivity index is 1.45. The molecule has 0 saturated carbocycles. The first-order chi connectivity index (χ1) is 14.2. The van der Waals surface area contributed by atoms with Crippen molar-refractivity contribution in [3.8, 4) is 6.07 Å². The standard InChI is InChI=1S/C21H30N4O4S/c1-16(2)23-21(26)15-25-13-18-11-24(12-19(14-25)29-18)8-3-9-30(27,28)20-6-4-17(10-22)5-7-20/h4-7,16,18-19H,3,8-9,11-15H2,1-2H3,(H,23,26). The van der Waals surface area contributed by atoms with E-state index in [0.29, 0.717) is 38.2 Å². The Labute approximate surface area is 178 Å². The highest BCUT2D eigenvalue weighted by atomic mass is 32.2. The molecule has 2 fully saturated rings. The number of sulfone groups is 1. The van der Waals surface area contributed by atoms with Gasteiger partial charge < -0.3 is 10.1 Å². The SMILES string of the molecule is CC(C)NC(=O)CN1CC2CN(CCCS(=O)(=O)c3ccc(C#N)cc3)CC(C1)O2. The van der Waals surface area contributed by atoms with Crippen molar-refractivity contribution in [2.45, 2.75) is 43.4 Å². The normalized spacial score (nSPS) is 22.6. The van der Waals surface area contributed by atoms with Gasteiger partial charge in [0.2, 0.25) is 5.91 Å². The van der Waals surface area contributed by atoms with Gasteiger partial charge in [0, 0.05) is 32.2 Å². The molecule has 1 aromatic carbocycles. The van der Waals surface area contributed by atoms with Crippen LogP contribution in [0, 0.1) is 11.3 Å². The van der Waals surface area contributed by atoms with Crippen LogP contribution in [-0.4, -0.2) is 87.4 Å². The second kappa shape index (κ2) is 9.88. The molecule has 2 bridgehead atoms. The number of fused-ring (bicyclic) bond motifs is 2. The van der Waals surface area contributed by atoms with Crippen LogP contribution < -0.4 is 5.32 Å². The van der Waals surface area contributed by atoms with Gasteiger partial charge in [0.15, 0.2) is 9.84 Å². The van der Waals surface area contributed by atoms with Gasteiger partial charge in [-0.25, -0.2) is 8.42 Å². The molecule has 30 heavy (non-hydrogen) atoms. The maximum atomic E-state index is 12.5. The second-order valence-electron chi connectivity index (χ2n) is 8.36. The summed E-state index contributed by atoms with van der Waals surface area (Å²) in [6.45, 7) is 7.89. The fourth-order valence-corrected chi connectivity index (χ4v) is 5.37. The average molecular weight is 435 g/mol. The van der Waals surface area contributed by atoms with Gasteiger partial charge >= 0.3 is 0 Å². The van der Waals surface area contributed by atoms with E-state index in [2.05, 4.69) is 15.1 Å². The Bertz CT molecular complexity index is 865. The van der Waals surface area contributed by atoms with Crippen LogP contribution in [0.1, 0.15) is 25.8 Å². The van der Waals surface area contributed by atoms with Crippen LogP contribution in [0.2, 0.25) is 0 Å². The van der Waals surface area contributed by atoms with Crippen molar-refractivity contribution >= 4 is 15.7 Å². The van der Waals surface area contributed by atoms with E-state index >= 15 is 0 Å². The van der Waals surface area contributed by atoms with Crippen LogP contribution in [0.25, 0.3) is 0 Å². The van der Waals surface area contributed by atoms with Crippen molar-refractivity contribution in [2.24, 2.45) is 0 Å². The van der Waals surface area contributed by atoms with Gasteiger partial charge in [-0.15, -0.1) is 0 Å². The van der Waals surface area contributed by atoms with Crippen LogP contribution in [0.4, 0.5) is 0 Å². The summed E-state index contributed by atoms with van der Waals surface area (Å²) in [6, 6.07) is 8.18. The average Bonchev–Trinajstić information content (AvgIpc) is 2.66. The molecule has 164 valence electrons. The van der Waals surface area contributed by atoms with Crippen molar-refractivity contribution < 1.29 is 17.9 Å². The van der Waals surface area contributed by atoms with E-state index in [4.69, 9.17) is 10.00 Å². The summed E-state index contributed by atoms with van der Waals surface area (Å²) in [7, 11) is -3.36. The minimum absolute atomic E-state index is 0.0369. The first kappa shape index (κ1) is 22.7. The quantitative estimate of drug-likeness (QED) is 0.640. The summed E-state index contributed by atoms with van der Waals surface area (Å²) in [5, 5.41) is 11.8. The molecular weight excluding hydrogens is 404 g/mol. The molecular formula is C21H30N4O4S. The molecule has 0 radical (unpaired) electrons. The highest BCUT2D eigenvalue weighted by Crippen LogP contribution is 2.20. The molecule has 8 nitrogen and oxygen atoms in total. The minimum atomic E-state index is -3.36. The van der Waals surface area contributed by atoms with Gasteiger partial charge in [-0.1, -0.05) is 0 Å². The number of ether oxygens (including phenoxy) is 1. The van der Waals surface area contributed by atoms with Crippen molar-refractivity contribution in [1.82, 2.24) is 15.1 Å². The Morgan fingerprint density at radius 1 is 1.17 bits per heavy atom. The summed E-state index contributed by atoms with van der Waals surface area (Å²) in [5.74, 6) is 0.113. The Kier molecular flexibility index (Phi) is 7.47. The lowest BCUT2D eigenvalue weighted by Crippen LogP contribution is -2.60. The van der Waals surface area contributed by atoms with Crippen LogP contribution >= 0.6 is 0 Å². The van der Waals surface area contributed by atoms with Gasteiger partial charge in [0.1, 0.15) is 0 Å². The Morgan fingerprint density at radius 2 is 1.77 bits per heavy atom. The van der Waals surface area contributed by atoms with E-state index in [1.165, 1.54) is 24.3 Å². The van der Waals surface area contributed by atoms with Gasteiger partial charge in [-0.2, -0.15) is 5.26 Å². The van der Waals surface area contributed by atoms with Crippen LogP contribution in [0.5, 0.6) is 0 Å². The third kappa shape index (κ3) is 6.25. The van der Waals surface area contributed by atoms with E-state index < -0.39 is 9.84 Å². The van der Waals surface area contributed by atoms with E-state index in [9.17, 15) is 13.2 Å². The first-order valence-corrected chi connectivity index (χ1v) is 12.0. The zero-order valence-corrected chi connectivity index (χ0v) is 18.4. The van der Waals surface area contributed by atoms with E-state index in [1.54, 1.807) is 0 Å².